The van der Waals surface area contributed by atoms with E-state index in [9.17, 15) is 9.59 Å². The monoisotopic (exact) mass is 369 g/mol. The maximum Gasteiger partial charge on any atom is 0.268 e. The summed E-state index contributed by atoms with van der Waals surface area (Å²) in [6.07, 6.45) is 0.781. The summed E-state index contributed by atoms with van der Waals surface area (Å²) in [4.78, 5) is 25.6. The Morgan fingerprint density at radius 3 is 2.56 bits per heavy atom. The minimum Gasteiger partial charge on any atom is -0.373 e. The zero-order valence-electron chi connectivity index (χ0n) is 16.1. The fourth-order valence-electron chi connectivity index (χ4n) is 3.39. The van der Waals surface area contributed by atoms with Crippen LogP contribution in [0.2, 0.25) is 0 Å². The number of rotatable bonds is 6. The number of ether oxygens (including phenoxy) is 1. The van der Waals surface area contributed by atoms with Gasteiger partial charge in [0.1, 0.15) is 5.69 Å². The van der Waals surface area contributed by atoms with E-state index in [2.05, 4.69) is 10.6 Å². The van der Waals surface area contributed by atoms with E-state index in [1.807, 2.05) is 55.7 Å². The highest BCUT2D eigenvalue weighted by Gasteiger charge is 2.27. The van der Waals surface area contributed by atoms with E-state index in [0.29, 0.717) is 31.0 Å². The lowest BCUT2D eigenvalue weighted by Gasteiger charge is -2.21. The maximum absolute atomic E-state index is 13.0. The van der Waals surface area contributed by atoms with Gasteiger partial charge in [0, 0.05) is 12.6 Å². The Labute approximate surface area is 159 Å². The molecule has 6 nitrogen and oxygen atoms in total. The molecule has 0 radical (unpaired) electrons. The highest BCUT2D eigenvalue weighted by Crippen LogP contribution is 2.23. The molecule has 0 saturated heterocycles. The van der Waals surface area contributed by atoms with Crippen LogP contribution in [0.5, 0.6) is 0 Å². The molecule has 0 fully saturated rings. The van der Waals surface area contributed by atoms with Crippen LogP contribution in [0.25, 0.3) is 0 Å². The highest BCUT2D eigenvalue weighted by atomic mass is 16.5. The van der Waals surface area contributed by atoms with E-state index in [0.717, 1.165) is 17.7 Å². The maximum atomic E-state index is 13.0. The van der Waals surface area contributed by atoms with Gasteiger partial charge in [0.05, 0.1) is 30.5 Å². The van der Waals surface area contributed by atoms with Gasteiger partial charge in [-0.3, -0.25) is 9.59 Å². The second-order valence-corrected chi connectivity index (χ2v) is 7.07. The Hall–Kier alpha value is -2.60. The molecule has 0 spiro atoms. The molecule has 2 N–H and O–H groups in total. The molecule has 0 saturated carbocycles. The predicted octanol–water partition coefficient (Wildman–Crippen LogP) is 3.04. The number of fused-ring (bicyclic) bond motifs is 1. The van der Waals surface area contributed by atoms with E-state index >= 15 is 0 Å². The first-order chi connectivity index (χ1) is 13.0. The van der Waals surface area contributed by atoms with Crippen LogP contribution in [0.4, 0.5) is 0 Å². The number of benzene rings is 1. The third kappa shape index (κ3) is 4.22. The van der Waals surface area contributed by atoms with Crippen molar-refractivity contribution in [2.75, 3.05) is 6.61 Å². The molecule has 1 aromatic carbocycles. The van der Waals surface area contributed by atoms with E-state index in [-0.39, 0.29) is 23.9 Å². The molecule has 2 aromatic rings. The van der Waals surface area contributed by atoms with Gasteiger partial charge in [-0.05, 0) is 31.9 Å². The molecule has 3 rings (SSSR count). The van der Waals surface area contributed by atoms with Crippen molar-refractivity contribution >= 4 is 11.8 Å². The van der Waals surface area contributed by atoms with Gasteiger partial charge in [0.25, 0.3) is 11.8 Å². The largest absolute Gasteiger partial charge is 0.373 e. The number of amides is 2. The third-order valence-electron chi connectivity index (χ3n) is 4.72. The second kappa shape index (κ2) is 8.39. The summed E-state index contributed by atoms with van der Waals surface area (Å²) in [7, 11) is 0. The fraction of sp³-hybridized carbons (Fsp3) is 0.429. The van der Waals surface area contributed by atoms with Gasteiger partial charge in [-0.2, -0.15) is 0 Å². The number of hydrogen-bond acceptors (Lipinski definition) is 3. The number of hydrogen-bond donors (Lipinski definition) is 2. The Bertz CT molecular complexity index is 812. The normalized spacial score (nSPS) is 14.5. The van der Waals surface area contributed by atoms with Crippen molar-refractivity contribution in [2.24, 2.45) is 0 Å². The van der Waals surface area contributed by atoms with Crippen molar-refractivity contribution in [1.82, 2.24) is 15.2 Å². The van der Waals surface area contributed by atoms with Crippen molar-refractivity contribution < 1.29 is 14.3 Å². The van der Waals surface area contributed by atoms with Crippen LogP contribution in [0.15, 0.2) is 36.4 Å². The van der Waals surface area contributed by atoms with Crippen molar-refractivity contribution in [3.63, 3.8) is 0 Å². The zero-order valence-corrected chi connectivity index (χ0v) is 16.1. The second-order valence-electron chi connectivity index (χ2n) is 7.07. The molecule has 2 amide bonds. The highest BCUT2D eigenvalue weighted by molar-refractivity contribution is 6.00. The van der Waals surface area contributed by atoms with Crippen molar-refractivity contribution in [3.05, 3.63) is 58.9 Å². The average molecular weight is 369 g/mol. The van der Waals surface area contributed by atoms with Crippen molar-refractivity contribution in [2.45, 2.75) is 52.4 Å². The zero-order chi connectivity index (χ0) is 19.4. The first-order valence-corrected chi connectivity index (χ1v) is 9.48. The van der Waals surface area contributed by atoms with Gasteiger partial charge in [0.2, 0.25) is 0 Å². The molecular formula is C21H27N3O3. The predicted molar refractivity (Wildman–Crippen MR) is 104 cm³/mol. The van der Waals surface area contributed by atoms with E-state index in [1.165, 1.54) is 0 Å². The average Bonchev–Trinajstić information content (AvgIpc) is 3.06. The summed E-state index contributed by atoms with van der Waals surface area (Å²) in [5, 5.41) is 6.01. The first kappa shape index (κ1) is 19.2. The molecule has 0 bridgehead atoms. The summed E-state index contributed by atoms with van der Waals surface area (Å²) >= 11 is 0. The van der Waals surface area contributed by atoms with Gasteiger partial charge in [0.15, 0.2) is 0 Å². The SMILES string of the molecule is CCC(NC(=O)c1cc(C(=O)NC(C)C)n2c1COCC2)c1ccccc1. The van der Waals surface area contributed by atoms with Crippen molar-refractivity contribution in [1.29, 1.82) is 0 Å². The Morgan fingerprint density at radius 2 is 1.89 bits per heavy atom. The smallest absolute Gasteiger partial charge is 0.268 e. The van der Waals surface area contributed by atoms with Crippen LogP contribution in [0.3, 0.4) is 0 Å². The van der Waals surface area contributed by atoms with Gasteiger partial charge in [-0.1, -0.05) is 37.3 Å². The lowest BCUT2D eigenvalue weighted by Crippen LogP contribution is -2.33. The minimum absolute atomic E-state index is 0.0309. The van der Waals surface area contributed by atoms with Crippen LogP contribution in [-0.4, -0.2) is 29.0 Å². The Kier molecular flexibility index (Phi) is 5.96. The van der Waals surface area contributed by atoms with Crippen molar-refractivity contribution in [3.8, 4) is 0 Å². The summed E-state index contributed by atoms with van der Waals surface area (Å²) in [5.41, 5.74) is 2.85. The lowest BCUT2D eigenvalue weighted by molar-refractivity contribution is 0.0775. The topological polar surface area (TPSA) is 72.4 Å². The van der Waals surface area contributed by atoms with Gasteiger partial charge < -0.3 is 19.9 Å². The molecule has 1 aromatic heterocycles. The molecule has 144 valence electrons. The van der Waals surface area contributed by atoms with E-state index in [4.69, 9.17) is 4.74 Å². The third-order valence-corrected chi connectivity index (χ3v) is 4.72. The Balaban J connectivity index is 1.88. The fourth-order valence-corrected chi connectivity index (χ4v) is 3.39. The van der Waals surface area contributed by atoms with Crippen LogP contribution >= 0.6 is 0 Å². The molecule has 0 aliphatic carbocycles. The van der Waals surface area contributed by atoms with Crippen LogP contribution in [0, 0.1) is 0 Å². The number of nitrogens with one attached hydrogen (secondary N) is 2. The van der Waals surface area contributed by atoms with Crippen LogP contribution in [-0.2, 0) is 17.9 Å². The molecule has 2 heterocycles. The molecule has 1 aliphatic rings. The van der Waals surface area contributed by atoms with E-state index in [1.54, 1.807) is 6.07 Å². The molecule has 27 heavy (non-hydrogen) atoms. The van der Waals surface area contributed by atoms with Crippen LogP contribution in [0.1, 0.15) is 65.3 Å². The Morgan fingerprint density at radius 1 is 1.15 bits per heavy atom. The minimum atomic E-state index is -0.177. The number of carbonyl (C=O) groups is 2. The van der Waals surface area contributed by atoms with Gasteiger partial charge in [-0.15, -0.1) is 0 Å². The summed E-state index contributed by atoms with van der Waals surface area (Å²) in [6, 6.07) is 11.5. The molecular weight excluding hydrogens is 342 g/mol. The molecule has 1 aliphatic heterocycles. The summed E-state index contributed by atoms with van der Waals surface area (Å²) in [6.45, 7) is 7.31. The lowest BCUT2D eigenvalue weighted by atomic mass is 10.0. The molecule has 1 unspecified atom stereocenters. The summed E-state index contributed by atoms with van der Waals surface area (Å²) in [5.74, 6) is -0.342. The molecule has 1 atom stereocenters. The number of aromatic nitrogens is 1. The number of carbonyl (C=O) groups excluding carboxylic acids is 2. The van der Waals surface area contributed by atoms with E-state index < -0.39 is 0 Å². The standard InChI is InChI=1S/C21H27N3O3/c1-4-17(15-8-6-5-7-9-15)23-20(25)16-12-18(21(26)22-14(2)3)24-10-11-27-13-19(16)24/h5-9,12,14,17H,4,10-11,13H2,1-3H3,(H,22,26)(H,23,25). The first-order valence-electron chi connectivity index (χ1n) is 9.48. The number of nitrogens with zero attached hydrogens (tertiary/aromatic N) is 1. The van der Waals surface area contributed by atoms with Gasteiger partial charge in [-0.25, -0.2) is 0 Å². The van der Waals surface area contributed by atoms with Gasteiger partial charge >= 0.3 is 0 Å². The summed E-state index contributed by atoms with van der Waals surface area (Å²) < 4.78 is 7.45. The molecule has 6 heteroatoms. The van der Waals surface area contributed by atoms with Crippen LogP contribution < -0.4 is 10.6 Å². The quantitative estimate of drug-likeness (QED) is 0.822.